The molecule has 1 rings (SSSR count). The molecule has 6 heteroatoms. The summed E-state index contributed by atoms with van der Waals surface area (Å²) in [7, 11) is -3.28. The van der Waals surface area contributed by atoms with Gasteiger partial charge in [-0.2, -0.15) is 0 Å². The van der Waals surface area contributed by atoms with E-state index in [1.807, 2.05) is 0 Å². The van der Waals surface area contributed by atoms with E-state index >= 15 is 0 Å². The number of hydrogen-bond donors (Lipinski definition) is 2. The maximum Gasteiger partial charge on any atom is 0.214 e. The van der Waals surface area contributed by atoms with Crippen LogP contribution in [-0.4, -0.2) is 27.3 Å². The number of ether oxygens (including phenoxy) is 1. The van der Waals surface area contributed by atoms with Gasteiger partial charge >= 0.3 is 0 Å². The Morgan fingerprint density at radius 3 is 2.60 bits per heavy atom. The van der Waals surface area contributed by atoms with Crippen LogP contribution >= 0.6 is 0 Å². The molecule has 0 aromatic heterocycles. The normalized spacial score (nSPS) is 11.8. The Kier molecular flexibility index (Phi) is 6.81. The lowest BCUT2D eigenvalue weighted by Crippen LogP contribution is -2.32. The molecule has 0 atom stereocenters. The van der Waals surface area contributed by atoms with Crippen molar-refractivity contribution >= 4 is 15.7 Å². The highest BCUT2D eigenvalue weighted by Crippen LogP contribution is 2.14. The predicted octanol–water partition coefficient (Wildman–Crippen LogP) is 2.00. The SMILES string of the molecule is CCC(CC)CNS(=O)(=O)CCOc1cccc(N)c1. The average Bonchev–Trinajstić information content (AvgIpc) is 2.39. The molecule has 0 spiro atoms. The predicted molar refractivity (Wildman–Crippen MR) is 82.2 cm³/mol. The molecule has 0 radical (unpaired) electrons. The van der Waals surface area contributed by atoms with E-state index in [4.69, 9.17) is 10.5 Å². The molecule has 0 bridgehead atoms. The van der Waals surface area contributed by atoms with Gasteiger partial charge in [0.15, 0.2) is 0 Å². The summed E-state index contributed by atoms with van der Waals surface area (Å²) in [6, 6.07) is 6.94. The van der Waals surface area contributed by atoms with Crippen molar-refractivity contribution < 1.29 is 13.2 Å². The summed E-state index contributed by atoms with van der Waals surface area (Å²) in [5.41, 5.74) is 6.21. The number of benzene rings is 1. The maximum absolute atomic E-state index is 11.8. The lowest BCUT2D eigenvalue weighted by atomic mass is 10.0. The largest absolute Gasteiger partial charge is 0.492 e. The van der Waals surface area contributed by atoms with Gasteiger partial charge in [0.2, 0.25) is 10.0 Å². The first-order valence-corrected chi connectivity index (χ1v) is 8.57. The number of nitrogen functional groups attached to an aromatic ring is 1. The van der Waals surface area contributed by atoms with Crippen LogP contribution in [0, 0.1) is 5.92 Å². The fourth-order valence-corrected chi connectivity index (χ4v) is 2.70. The van der Waals surface area contributed by atoms with E-state index in [0.717, 1.165) is 12.8 Å². The second kappa shape index (κ2) is 8.11. The highest BCUT2D eigenvalue weighted by atomic mass is 32.2. The summed E-state index contributed by atoms with van der Waals surface area (Å²) < 4.78 is 31.6. The minimum Gasteiger partial charge on any atom is -0.492 e. The number of rotatable bonds is 9. The molecule has 0 saturated carbocycles. The molecule has 114 valence electrons. The number of nitrogens with one attached hydrogen (secondary N) is 1. The van der Waals surface area contributed by atoms with Gasteiger partial charge in [-0.1, -0.05) is 32.8 Å². The number of nitrogens with two attached hydrogens (primary N) is 1. The molecule has 0 aliphatic carbocycles. The Balaban J connectivity index is 2.36. The van der Waals surface area contributed by atoms with Gasteiger partial charge in [0, 0.05) is 18.3 Å². The summed E-state index contributed by atoms with van der Waals surface area (Å²) in [6.45, 7) is 4.73. The molecule has 3 N–H and O–H groups in total. The Morgan fingerprint density at radius 1 is 1.30 bits per heavy atom. The summed E-state index contributed by atoms with van der Waals surface area (Å²) in [4.78, 5) is 0. The van der Waals surface area contributed by atoms with Crippen LogP contribution in [0.2, 0.25) is 0 Å². The molecular formula is C14H24N2O3S. The molecule has 0 aliphatic rings. The molecule has 0 aliphatic heterocycles. The molecular weight excluding hydrogens is 276 g/mol. The topological polar surface area (TPSA) is 81.4 Å². The highest BCUT2D eigenvalue weighted by Gasteiger charge is 2.13. The second-order valence-corrected chi connectivity index (χ2v) is 6.70. The standard InChI is InChI=1S/C14H24N2O3S/c1-3-12(4-2)11-16-20(17,18)9-8-19-14-7-5-6-13(15)10-14/h5-7,10,12,16H,3-4,8-9,11,15H2,1-2H3. The van der Waals surface area contributed by atoms with Crippen molar-refractivity contribution in [3.05, 3.63) is 24.3 Å². The maximum atomic E-state index is 11.8. The minimum atomic E-state index is -3.28. The first kappa shape index (κ1) is 16.8. The van der Waals surface area contributed by atoms with E-state index in [0.29, 0.717) is 23.9 Å². The first-order chi connectivity index (χ1) is 9.46. The van der Waals surface area contributed by atoms with Crippen molar-refractivity contribution in [1.82, 2.24) is 4.72 Å². The zero-order chi connectivity index (χ0) is 15.0. The van der Waals surface area contributed by atoms with Crippen LogP contribution in [0.1, 0.15) is 26.7 Å². The van der Waals surface area contributed by atoms with E-state index in [2.05, 4.69) is 18.6 Å². The van der Waals surface area contributed by atoms with Crippen molar-refractivity contribution in [2.24, 2.45) is 5.92 Å². The number of anilines is 1. The van der Waals surface area contributed by atoms with E-state index in [1.54, 1.807) is 24.3 Å². The molecule has 0 unspecified atom stereocenters. The smallest absolute Gasteiger partial charge is 0.214 e. The third-order valence-corrected chi connectivity index (χ3v) is 4.54. The molecule has 5 nitrogen and oxygen atoms in total. The van der Waals surface area contributed by atoms with Crippen molar-refractivity contribution in [2.45, 2.75) is 26.7 Å². The van der Waals surface area contributed by atoms with Crippen LogP contribution in [0.5, 0.6) is 5.75 Å². The van der Waals surface area contributed by atoms with E-state index in [1.165, 1.54) is 0 Å². The molecule has 0 fully saturated rings. The lowest BCUT2D eigenvalue weighted by Gasteiger charge is -2.13. The van der Waals surface area contributed by atoms with Crippen molar-refractivity contribution in [2.75, 3.05) is 24.6 Å². The zero-order valence-electron chi connectivity index (χ0n) is 12.1. The van der Waals surface area contributed by atoms with Crippen molar-refractivity contribution in [1.29, 1.82) is 0 Å². The highest BCUT2D eigenvalue weighted by molar-refractivity contribution is 7.89. The van der Waals surface area contributed by atoms with Gasteiger partial charge in [-0.3, -0.25) is 0 Å². The van der Waals surface area contributed by atoms with Gasteiger partial charge in [0.25, 0.3) is 0 Å². The number of sulfonamides is 1. The lowest BCUT2D eigenvalue weighted by molar-refractivity contribution is 0.340. The summed E-state index contributed by atoms with van der Waals surface area (Å²) in [6.07, 6.45) is 1.94. The van der Waals surface area contributed by atoms with Crippen LogP contribution in [0.15, 0.2) is 24.3 Å². The second-order valence-electron chi connectivity index (χ2n) is 4.77. The van der Waals surface area contributed by atoms with Crippen molar-refractivity contribution in [3.8, 4) is 5.75 Å². The molecule has 1 aromatic carbocycles. The fraction of sp³-hybridized carbons (Fsp3) is 0.571. The Hall–Kier alpha value is -1.27. The average molecular weight is 300 g/mol. The Morgan fingerprint density at radius 2 is 2.00 bits per heavy atom. The minimum absolute atomic E-state index is 0.0536. The monoisotopic (exact) mass is 300 g/mol. The molecule has 0 heterocycles. The third-order valence-electron chi connectivity index (χ3n) is 3.23. The summed E-state index contributed by atoms with van der Waals surface area (Å²) in [5, 5.41) is 0. The third kappa shape index (κ3) is 6.25. The molecule has 1 aromatic rings. The summed E-state index contributed by atoms with van der Waals surface area (Å²) >= 11 is 0. The molecule has 0 saturated heterocycles. The van der Waals surface area contributed by atoms with E-state index in [9.17, 15) is 8.42 Å². The Labute approximate surface area is 121 Å². The number of hydrogen-bond acceptors (Lipinski definition) is 4. The zero-order valence-corrected chi connectivity index (χ0v) is 12.9. The van der Waals surface area contributed by atoms with Gasteiger partial charge in [0.1, 0.15) is 12.4 Å². The van der Waals surface area contributed by atoms with Crippen LogP contribution in [0.3, 0.4) is 0 Å². The van der Waals surface area contributed by atoms with Crippen LogP contribution in [-0.2, 0) is 10.0 Å². The van der Waals surface area contributed by atoms with Gasteiger partial charge in [-0.25, -0.2) is 13.1 Å². The van der Waals surface area contributed by atoms with Crippen LogP contribution in [0.4, 0.5) is 5.69 Å². The Bertz CT molecular complexity index is 499. The summed E-state index contributed by atoms with van der Waals surface area (Å²) in [5.74, 6) is 0.918. The van der Waals surface area contributed by atoms with Gasteiger partial charge in [-0.05, 0) is 18.1 Å². The van der Waals surface area contributed by atoms with Gasteiger partial charge in [-0.15, -0.1) is 0 Å². The van der Waals surface area contributed by atoms with E-state index < -0.39 is 10.0 Å². The molecule has 20 heavy (non-hydrogen) atoms. The first-order valence-electron chi connectivity index (χ1n) is 6.92. The van der Waals surface area contributed by atoms with Gasteiger partial charge in [0.05, 0.1) is 5.75 Å². The van der Waals surface area contributed by atoms with Crippen LogP contribution in [0.25, 0.3) is 0 Å². The van der Waals surface area contributed by atoms with Crippen LogP contribution < -0.4 is 15.2 Å². The quantitative estimate of drug-likeness (QED) is 0.683. The fourth-order valence-electron chi connectivity index (χ4n) is 1.77. The van der Waals surface area contributed by atoms with Crippen molar-refractivity contribution in [3.63, 3.8) is 0 Å². The van der Waals surface area contributed by atoms with E-state index in [-0.39, 0.29) is 12.4 Å². The van der Waals surface area contributed by atoms with Gasteiger partial charge < -0.3 is 10.5 Å². The molecule has 0 amide bonds.